The van der Waals surface area contributed by atoms with Crippen LogP contribution >= 0.6 is 23.8 Å². The van der Waals surface area contributed by atoms with Crippen molar-refractivity contribution in [1.82, 2.24) is 9.80 Å². The lowest BCUT2D eigenvalue weighted by Gasteiger charge is -2.14. The molecule has 0 aromatic heterocycles. The maximum Gasteiger partial charge on any atom is 0.276 e. The van der Waals surface area contributed by atoms with E-state index in [4.69, 9.17) is 33.3 Å². The molecule has 3 rings (SSSR count). The SMILES string of the molecule is COc1cc(C=C2C(=O)N(C)C(=S)N2C)cc(Cl)c1OCc1ccc([N+](=O)[O-])cc1. The molecule has 0 aliphatic carbocycles. The van der Waals surface area contributed by atoms with E-state index in [-0.39, 0.29) is 18.2 Å². The third-order valence-electron chi connectivity index (χ3n) is 4.54. The fourth-order valence-corrected chi connectivity index (χ4v) is 3.33. The molecule has 0 bridgehead atoms. The summed E-state index contributed by atoms with van der Waals surface area (Å²) in [4.78, 5) is 25.7. The molecule has 0 N–H and O–H groups in total. The second-order valence-corrected chi connectivity index (χ2v) is 7.25. The number of non-ortho nitro benzene ring substituents is 1. The minimum Gasteiger partial charge on any atom is -0.493 e. The molecule has 156 valence electrons. The van der Waals surface area contributed by atoms with E-state index in [2.05, 4.69) is 0 Å². The molecule has 1 fully saturated rings. The first-order valence-corrected chi connectivity index (χ1v) is 9.52. The molecule has 0 unspecified atom stereocenters. The number of ether oxygens (including phenoxy) is 2. The van der Waals surface area contributed by atoms with E-state index in [1.807, 2.05) is 0 Å². The van der Waals surface area contributed by atoms with Crippen LogP contribution in [-0.4, -0.2) is 46.9 Å². The topological polar surface area (TPSA) is 85.2 Å². The molecular weight excluding hydrogens is 430 g/mol. The number of nitro benzene ring substituents is 1. The Balaban J connectivity index is 1.84. The quantitative estimate of drug-likeness (QED) is 0.287. The Morgan fingerprint density at radius 1 is 1.20 bits per heavy atom. The van der Waals surface area contributed by atoms with E-state index in [0.29, 0.717) is 32.9 Å². The van der Waals surface area contributed by atoms with Gasteiger partial charge < -0.3 is 14.4 Å². The summed E-state index contributed by atoms with van der Waals surface area (Å²) < 4.78 is 11.2. The van der Waals surface area contributed by atoms with Gasteiger partial charge >= 0.3 is 0 Å². The average molecular weight is 448 g/mol. The van der Waals surface area contributed by atoms with Crippen molar-refractivity contribution >= 4 is 46.6 Å². The van der Waals surface area contributed by atoms with Crippen LogP contribution in [0.15, 0.2) is 42.1 Å². The van der Waals surface area contributed by atoms with Crippen LogP contribution in [0.1, 0.15) is 11.1 Å². The summed E-state index contributed by atoms with van der Waals surface area (Å²) in [6.07, 6.45) is 1.67. The van der Waals surface area contributed by atoms with Crippen LogP contribution in [0.5, 0.6) is 11.5 Å². The summed E-state index contributed by atoms with van der Waals surface area (Å²) in [5.41, 5.74) is 1.80. The maximum absolute atomic E-state index is 12.4. The third kappa shape index (κ3) is 4.22. The fourth-order valence-electron chi connectivity index (χ4n) is 2.88. The fraction of sp³-hybridized carbons (Fsp3) is 0.200. The summed E-state index contributed by atoms with van der Waals surface area (Å²) in [5, 5.41) is 11.5. The lowest BCUT2D eigenvalue weighted by atomic mass is 10.1. The minimum absolute atomic E-state index is 0.00306. The average Bonchev–Trinajstić information content (AvgIpc) is 2.90. The van der Waals surface area contributed by atoms with Gasteiger partial charge in [-0.2, -0.15) is 0 Å². The Kier molecular flexibility index (Phi) is 6.23. The second kappa shape index (κ2) is 8.68. The van der Waals surface area contributed by atoms with Gasteiger partial charge in [0, 0.05) is 26.2 Å². The van der Waals surface area contributed by atoms with Crippen molar-refractivity contribution in [1.29, 1.82) is 0 Å². The Hall–Kier alpha value is -3.17. The molecule has 30 heavy (non-hydrogen) atoms. The van der Waals surface area contributed by atoms with E-state index in [9.17, 15) is 14.9 Å². The van der Waals surface area contributed by atoms with Crippen LogP contribution in [0.25, 0.3) is 6.08 Å². The van der Waals surface area contributed by atoms with Gasteiger partial charge in [0.25, 0.3) is 11.6 Å². The van der Waals surface area contributed by atoms with E-state index < -0.39 is 4.92 Å². The molecule has 1 aliphatic heterocycles. The molecule has 0 saturated carbocycles. The van der Waals surface area contributed by atoms with Crippen molar-refractivity contribution in [3.05, 3.63) is 68.4 Å². The largest absolute Gasteiger partial charge is 0.493 e. The van der Waals surface area contributed by atoms with Crippen molar-refractivity contribution < 1.29 is 19.2 Å². The first kappa shape index (κ1) is 21.5. The van der Waals surface area contributed by atoms with Crippen molar-refractivity contribution in [3.63, 3.8) is 0 Å². The van der Waals surface area contributed by atoms with Gasteiger partial charge in [-0.3, -0.25) is 19.8 Å². The lowest BCUT2D eigenvalue weighted by Crippen LogP contribution is -2.26. The molecular formula is C20H18ClN3O5S. The Labute approximate surface area is 183 Å². The van der Waals surface area contributed by atoms with Crippen molar-refractivity contribution in [2.45, 2.75) is 6.61 Å². The predicted octanol–water partition coefficient (Wildman–Crippen LogP) is 3.87. The number of hydrogen-bond acceptors (Lipinski definition) is 6. The van der Waals surface area contributed by atoms with Gasteiger partial charge in [0.15, 0.2) is 16.6 Å². The van der Waals surface area contributed by atoms with Crippen molar-refractivity contribution in [3.8, 4) is 11.5 Å². The number of thiocarbonyl (C=S) groups is 1. The number of hydrogen-bond donors (Lipinski definition) is 0. The number of likely N-dealkylation sites (N-methyl/N-ethyl adjacent to an activating group) is 2. The van der Waals surface area contributed by atoms with E-state index >= 15 is 0 Å². The van der Waals surface area contributed by atoms with Crippen LogP contribution in [0.3, 0.4) is 0 Å². The standard InChI is InChI=1S/C20H18ClN3O5S/c1-22-16(19(25)23(2)20(22)30)9-13-8-15(21)18(17(10-13)28-3)29-11-12-4-6-14(7-5-12)24(26)27/h4-10H,11H2,1-3H3. The van der Waals surface area contributed by atoms with Crippen LogP contribution in [0.2, 0.25) is 5.02 Å². The number of benzene rings is 2. The number of nitro groups is 1. The van der Waals surface area contributed by atoms with Crippen molar-refractivity contribution in [2.75, 3.05) is 21.2 Å². The maximum atomic E-state index is 12.4. The van der Waals surface area contributed by atoms with E-state index in [0.717, 1.165) is 5.56 Å². The Bertz CT molecular complexity index is 1060. The Morgan fingerprint density at radius 3 is 2.40 bits per heavy atom. The number of carbonyl (C=O) groups excluding carboxylic acids is 1. The van der Waals surface area contributed by atoms with E-state index in [1.165, 1.54) is 24.1 Å². The monoisotopic (exact) mass is 447 g/mol. The molecule has 8 nitrogen and oxygen atoms in total. The van der Waals surface area contributed by atoms with Gasteiger partial charge in [-0.05, 0) is 53.7 Å². The Morgan fingerprint density at radius 2 is 1.87 bits per heavy atom. The number of rotatable bonds is 6. The molecule has 1 heterocycles. The van der Waals surface area contributed by atoms with Crippen LogP contribution in [-0.2, 0) is 11.4 Å². The van der Waals surface area contributed by atoms with Gasteiger partial charge in [0.2, 0.25) is 0 Å². The van der Waals surface area contributed by atoms with Crippen LogP contribution < -0.4 is 9.47 Å². The first-order valence-electron chi connectivity index (χ1n) is 8.74. The molecule has 0 atom stereocenters. The highest BCUT2D eigenvalue weighted by molar-refractivity contribution is 7.80. The number of carbonyl (C=O) groups is 1. The molecule has 0 radical (unpaired) electrons. The number of nitrogens with zero attached hydrogens (tertiary/aromatic N) is 3. The number of amides is 1. The summed E-state index contributed by atoms with van der Waals surface area (Å²) in [6.45, 7) is 0.148. The minimum atomic E-state index is -0.464. The first-order chi connectivity index (χ1) is 14.2. The zero-order valence-electron chi connectivity index (χ0n) is 16.4. The summed E-state index contributed by atoms with van der Waals surface area (Å²) in [6, 6.07) is 9.39. The number of halogens is 1. The third-order valence-corrected chi connectivity index (χ3v) is 5.37. The molecule has 1 amide bonds. The van der Waals surface area contributed by atoms with Gasteiger partial charge in [-0.1, -0.05) is 11.6 Å². The summed E-state index contributed by atoms with van der Waals surface area (Å²) in [5.74, 6) is 0.509. The molecule has 0 spiro atoms. The molecule has 2 aromatic carbocycles. The smallest absolute Gasteiger partial charge is 0.276 e. The highest BCUT2D eigenvalue weighted by atomic mass is 35.5. The van der Waals surface area contributed by atoms with Gasteiger partial charge in [-0.15, -0.1) is 0 Å². The summed E-state index contributed by atoms with van der Waals surface area (Å²) in [7, 11) is 4.82. The summed E-state index contributed by atoms with van der Waals surface area (Å²) >= 11 is 11.6. The normalized spacial score (nSPS) is 15.1. The van der Waals surface area contributed by atoms with Crippen LogP contribution in [0, 0.1) is 10.1 Å². The molecule has 1 saturated heterocycles. The molecule has 10 heteroatoms. The molecule has 2 aromatic rings. The van der Waals surface area contributed by atoms with Gasteiger partial charge in [0.1, 0.15) is 12.3 Å². The van der Waals surface area contributed by atoms with Crippen molar-refractivity contribution in [2.24, 2.45) is 0 Å². The zero-order valence-corrected chi connectivity index (χ0v) is 18.0. The van der Waals surface area contributed by atoms with Gasteiger partial charge in [-0.25, -0.2) is 0 Å². The molecule has 1 aliphatic rings. The second-order valence-electron chi connectivity index (χ2n) is 6.48. The van der Waals surface area contributed by atoms with Crippen LogP contribution in [0.4, 0.5) is 5.69 Å². The lowest BCUT2D eigenvalue weighted by molar-refractivity contribution is -0.384. The number of methoxy groups -OCH3 is 1. The zero-order chi connectivity index (χ0) is 22.0. The predicted molar refractivity (Wildman–Crippen MR) is 117 cm³/mol. The highest BCUT2D eigenvalue weighted by Crippen LogP contribution is 2.38. The highest BCUT2D eigenvalue weighted by Gasteiger charge is 2.32. The van der Waals surface area contributed by atoms with E-state index in [1.54, 1.807) is 49.3 Å². The van der Waals surface area contributed by atoms with Gasteiger partial charge in [0.05, 0.1) is 17.1 Å².